The largest absolute Gasteiger partial charge is 0.497 e. The van der Waals surface area contributed by atoms with Gasteiger partial charge in [-0.25, -0.2) is 0 Å². The second-order valence-electron chi connectivity index (χ2n) is 5.56. The predicted molar refractivity (Wildman–Crippen MR) is 78.2 cm³/mol. The summed E-state index contributed by atoms with van der Waals surface area (Å²) in [6, 6.07) is 7.79. The molecule has 0 aliphatic carbocycles. The van der Waals surface area contributed by atoms with E-state index in [-0.39, 0.29) is 12.5 Å². The third-order valence-electron chi connectivity index (χ3n) is 3.78. The van der Waals surface area contributed by atoms with Gasteiger partial charge in [-0.3, -0.25) is 4.90 Å². The molecule has 1 aromatic rings. The third kappa shape index (κ3) is 5.85. The van der Waals surface area contributed by atoms with Gasteiger partial charge in [0.2, 0.25) is 0 Å². The molecule has 1 fully saturated rings. The summed E-state index contributed by atoms with van der Waals surface area (Å²) in [6.45, 7) is 2.44. The zero-order valence-corrected chi connectivity index (χ0v) is 12.7. The van der Waals surface area contributed by atoms with Crippen LogP contribution in [0.1, 0.15) is 18.4 Å². The van der Waals surface area contributed by atoms with Crippen molar-refractivity contribution < 1.29 is 22.6 Å². The molecule has 0 spiro atoms. The van der Waals surface area contributed by atoms with E-state index >= 15 is 0 Å². The Morgan fingerprint density at radius 1 is 1.27 bits per heavy atom. The fourth-order valence-corrected chi connectivity index (χ4v) is 2.63. The number of hydrogen-bond donors (Lipinski definition) is 0. The second-order valence-corrected chi connectivity index (χ2v) is 5.56. The molecule has 124 valence electrons. The topological polar surface area (TPSA) is 21.7 Å². The first-order chi connectivity index (χ1) is 10.5. The van der Waals surface area contributed by atoms with Gasteiger partial charge >= 0.3 is 6.18 Å². The van der Waals surface area contributed by atoms with Crippen molar-refractivity contribution in [1.29, 1.82) is 0 Å². The van der Waals surface area contributed by atoms with Crippen LogP contribution in [0.15, 0.2) is 24.3 Å². The highest BCUT2D eigenvalue weighted by Crippen LogP contribution is 2.22. The van der Waals surface area contributed by atoms with E-state index in [1.54, 1.807) is 7.11 Å². The number of ether oxygens (including phenoxy) is 2. The van der Waals surface area contributed by atoms with E-state index in [0.717, 1.165) is 17.7 Å². The highest BCUT2D eigenvalue weighted by molar-refractivity contribution is 5.27. The number of hydrogen-bond acceptors (Lipinski definition) is 3. The van der Waals surface area contributed by atoms with E-state index in [4.69, 9.17) is 9.47 Å². The van der Waals surface area contributed by atoms with Crippen LogP contribution in [0.4, 0.5) is 13.2 Å². The van der Waals surface area contributed by atoms with Gasteiger partial charge in [-0.2, -0.15) is 13.2 Å². The van der Waals surface area contributed by atoms with E-state index in [9.17, 15) is 13.2 Å². The van der Waals surface area contributed by atoms with Crippen LogP contribution in [0.3, 0.4) is 0 Å². The third-order valence-corrected chi connectivity index (χ3v) is 3.78. The molecule has 0 aromatic heterocycles. The minimum atomic E-state index is -4.06. The molecule has 1 saturated heterocycles. The number of nitrogens with zero attached hydrogens (tertiary/aromatic N) is 1. The van der Waals surface area contributed by atoms with E-state index in [1.807, 2.05) is 24.3 Å². The first-order valence-electron chi connectivity index (χ1n) is 7.50. The first-order valence-corrected chi connectivity index (χ1v) is 7.50. The lowest BCUT2D eigenvalue weighted by Crippen LogP contribution is -2.43. The van der Waals surface area contributed by atoms with Crippen LogP contribution in [-0.2, 0) is 11.2 Å². The number of rotatable bonds is 6. The van der Waals surface area contributed by atoms with Crippen molar-refractivity contribution in [3.63, 3.8) is 0 Å². The van der Waals surface area contributed by atoms with Crippen LogP contribution < -0.4 is 4.74 Å². The van der Waals surface area contributed by atoms with Crippen LogP contribution in [0.2, 0.25) is 0 Å². The molecule has 2 rings (SSSR count). The van der Waals surface area contributed by atoms with Crippen LogP contribution >= 0.6 is 0 Å². The molecule has 1 aliphatic rings. The summed E-state index contributed by atoms with van der Waals surface area (Å²) in [6.07, 6.45) is -3.83. The highest BCUT2D eigenvalue weighted by Gasteiger charge is 2.27. The molecule has 1 atom stereocenters. The molecular formula is C16H22F3NO2. The van der Waals surface area contributed by atoms with Gasteiger partial charge in [0, 0.05) is 19.5 Å². The predicted octanol–water partition coefficient (Wildman–Crippen LogP) is 3.28. The summed E-state index contributed by atoms with van der Waals surface area (Å²) in [5, 5.41) is 0. The Balaban J connectivity index is 1.77. The van der Waals surface area contributed by atoms with Crippen molar-refractivity contribution >= 4 is 0 Å². The zero-order valence-electron chi connectivity index (χ0n) is 12.7. The smallest absolute Gasteiger partial charge is 0.389 e. The number of methoxy groups -OCH3 is 1. The van der Waals surface area contributed by atoms with Crippen molar-refractivity contribution in [1.82, 2.24) is 4.90 Å². The molecule has 3 nitrogen and oxygen atoms in total. The maximum atomic E-state index is 12.2. The molecule has 22 heavy (non-hydrogen) atoms. The normalized spacial score (nSPS) is 20.1. The van der Waals surface area contributed by atoms with E-state index in [1.165, 1.54) is 0 Å². The van der Waals surface area contributed by atoms with E-state index in [2.05, 4.69) is 4.90 Å². The quantitative estimate of drug-likeness (QED) is 0.804. The molecule has 0 unspecified atom stereocenters. The lowest BCUT2D eigenvalue weighted by Gasteiger charge is -2.33. The van der Waals surface area contributed by atoms with Crippen molar-refractivity contribution in [3.05, 3.63) is 29.8 Å². The first kappa shape index (κ1) is 17.1. The Morgan fingerprint density at radius 3 is 2.64 bits per heavy atom. The van der Waals surface area contributed by atoms with Crippen molar-refractivity contribution in [2.24, 2.45) is 0 Å². The summed E-state index contributed by atoms with van der Waals surface area (Å²) in [7, 11) is 1.62. The summed E-state index contributed by atoms with van der Waals surface area (Å²) >= 11 is 0. The summed E-state index contributed by atoms with van der Waals surface area (Å²) < 4.78 is 47.4. The summed E-state index contributed by atoms with van der Waals surface area (Å²) in [5.74, 6) is 0.807. The second kappa shape index (κ2) is 7.83. The van der Waals surface area contributed by atoms with Crippen LogP contribution in [0, 0.1) is 0 Å². The van der Waals surface area contributed by atoms with Crippen LogP contribution in [0.25, 0.3) is 0 Å². The standard InChI is InChI=1S/C16H22F3NO2/c1-21-14-5-3-13(4-6-14)11-15-12-20(9-10-22-15)8-2-7-16(17,18)19/h3-6,15H,2,7-12H2,1H3/t15-/m0/s1. The molecular weight excluding hydrogens is 295 g/mol. The fraction of sp³-hybridized carbons (Fsp3) is 0.625. The number of morpholine rings is 1. The van der Waals surface area contributed by atoms with Crippen molar-refractivity contribution in [2.75, 3.05) is 33.4 Å². The number of benzene rings is 1. The van der Waals surface area contributed by atoms with Gasteiger partial charge < -0.3 is 9.47 Å². The molecule has 0 amide bonds. The molecule has 1 aromatic carbocycles. The Bertz CT molecular complexity index is 448. The van der Waals surface area contributed by atoms with Gasteiger partial charge in [-0.1, -0.05) is 12.1 Å². The maximum absolute atomic E-state index is 12.2. The Morgan fingerprint density at radius 2 is 2.00 bits per heavy atom. The average Bonchev–Trinajstić information content (AvgIpc) is 2.47. The molecule has 0 bridgehead atoms. The average molecular weight is 317 g/mol. The lowest BCUT2D eigenvalue weighted by atomic mass is 10.1. The van der Waals surface area contributed by atoms with E-state index in [0.29, 0.717) is 26.2 Å². The molecule has 1 aliphatic heterocycles. The van der Waals surface area contributed by atoms with Crippen LogP contribution in [-0.4, -0.2) is 50.5 Å². The summed E-state index contributed by atoms with van der Waals surface area (Å²) in [5.41, 5.74) is 1.14. The molecule has 1 heterocycles. The number of halogens is 3. The highest BCUT2D eigenvalue weighted by atomic mass is 19.4. The Hall–Kier alpha value is -1.27. The SMILES string of the molecule is COc1ccc(C[C@H]2CN(CCCC(F)(F)F)CCO2)cc1. The van der Waals surface area contributed by atoms with Gasteiger partial charge in [0.1, 0.15) is 5.75 Å². The van der Waals surface area contributed by atoms with Gasteiger partial charge in [0.15, 0.2) is 0 Å². The van der Waals surface area contributed by atoms with Crippen LogP contribution in [0.5, 0.6) is 5.75 Å². The van der Waals surface area contributed by atoms with Crippen molar-refractivity contribution in [3.8, 4) is 5.75 Å². The van der Waals surface area contributed by atoms with E-state index < -0.39 is 12.6 Å². The Labute approximate surface area is 129 Å². The monoisotopic (exact) mass is 317 g/mol. The molecule has 6 heteroatoms. The van der Waals surface area contributed by atoms with Gasteiger partial charge in [-0.15, -0.1) is 0 Å². The summed E-state index contributed by atoms with van der Waals surface area (Å²) in [4.78, 5) is 2.06. The minimum Gasteiger partial charge on any atom is -0.497 e. The molecule has 0 radical (unpaired) electrons. The molecule has 0 saturated carbocycles. The number of alkyl halides is 3. The van der Waals surface area contributed by atoms with Gasteiger partial charge in [0.05, 0.1) is 19.8 Å². The molecule has 0 N–H and O–H groups in total. The fourth-order valence-electron chi connectivity index (χ4n) is 2.63. The minimum absolute atomic E-state index is 0.0352. The zero-order chi connectivity index (χ0) is 16.0. The van der Waals surface area contributed by atoms with Gasteiger partial charge in [-0.05, 0) is 37.1 Å². The Kier molecular flexibility index (Phi) is 6.08. The maximum Gasteiger partial charge on any atom is 0.389 e. The lowest BCUT2D eigenvalue weighted by molar-refractivity contribution is -0.137. The van der Waals surface area contributed by atoms with Crippen molar-refractivity contribution in [2.45, 2.75) is 31.5 Å². The van der Waals surface area contributed by atoms with Gasteiger partial charge in [0.25, 0.3) is 0 Å².